The molecule has 5 nitrogen and oxygen atoms in total. The second-order valence-corrected chi connectivity index (χ2v) is 8.13. The maximum atomic E-state index is 13.6. The topological polar surface area (TPSA) is 42.0 Å². The second kappa shape index (κ2) is 7.13. The first-order chi connectivity index (χ1) is 13.7. The Morgan fingerprint density at radius 3 is 2.64 bits per heavy atom. The highest BCUT2D eigenvalue weighted by atomic mass is 16.5. The predicted octanol–water partition coefficient (Wildman–Crippen LogP) is 3.47. The lowest BCUT2D eigenvalue weighted by atomic mass is 10.1. The van der Waals surface area contributed by atoms with Crippen LogP contribution in [-0.2, 0) is 11.3 Å². The average Bonchev–Trinajstić information content (AvgIpc) is 3.45. The van der Waals surface area contributed by atoms with Crippen LogP contribution < -0.4 is 14.4 Å². The Morgan fingerprint density at radius 2 is 1.89 bits per heavy atom. The minimum atomic E-state index is -0.126. The molecule has 2 aromatic rings. The Morgan fingerprint density at radius 1 is 1.11 bits per heavy atom. The van der Waals surface area contributed by atoms with Crippen LogP contribution in [0.15, 0.2) is 48.5 Å². The highest BCUT2D eigenvalue weighted by molar-refractivity contribution is 5.99. The summed E-state index contributed by atoms with van der Waals surface area (Å²) in [5, 5.41) is 0. The van der Waals surface area contributed by atoms with Crippen LogP contribution in [0.2, 0.25) is 0 Å². The van der Waals surface area contributed by atoms with Gasteiger partial charge >= 0.3 is 0 Å². The van der Waals surface area contributed by atoms with E-state index in [9.17, 15) is 4.79 Å². The van der Waals surface area contributed by atoms with Crippen LogP contribution in [0.1, 0.15) is 24.8 Å². The van der Waals surface area contributed by atoms with Crippen molar-refractivity contribution in [2.45, 2.75) is 38.0 Å². The monoisotopic (exact) mass is 378 g/mol. The van der Waals surface area contributed by atoms with E-state index in [1.54, 1.807) is 7.11 Å². The number of nitrogens with zero attached hydrogens (tertiary/aromatic N) is 2. The summed E-state index contributed by atoms with van der Waals surface area (Å²) in [5.41, 5.74) is 2.12. The van der Waals surface area contributed by atoms with Gasteiger partial charge in [0.05, 0.1) is 18.8 Å². The first-order valence-corrected chi connectivity index (χ1v) is 10.2. The molecule has 2 atom stereocenters. The van der Waals surface area contributed by atoms with Crippen LogP contribution >= 0.6 is 0 Å². The molecule has 0 aromatic heterocycles. The molecule has 2 bridgehead atoms. The molecule has 0 radical (unpaired) electrons. The van der Waals surface area contributed by atoms with Gasteiger partial charge in [0.15, 0.2) is 0 Å². The summed E-state index contributed by atoms with van der Waals surface area (Å²) in [6, 6.07) is 16.0. The van der Waals surface area contributed by atoms with E-state index in [1.807, 2.05) is 41.3 Å². The minimum absolute atomic E-state index is 0.0522. The van der Waals surface area contributed by atoms with Gasteiger partial charge in [-0.25, -0.2) is 0 Å². The van der Waals surface area contributed by atoms with E-state index in [2.05, 4.69) is 17.0 Å². The fourth-order valence-electron chi connectivity index (χ4n) is 4.35. The molecule has 0 N–H and O–H groups in total. The van der Waals surface area contributed by atoms with Gasteiger partial charge in [-0.1, -0.05) is 24.3 Å². The Kier molecular flexibility index (Phi) is 4.47. The quantitative estimate of drug-likeness (QED) is 0.799. The largest absolute Gasteiger partial charge is 0.497 e. The standard InChI is InChI=1S/C23H26N2O3/c1-27-18-10-8-16(9-11-18)13-24-15-19-12-21(24)23(26)25(14-17-6-7-17)20-4-2-3-5-22(20)28-19/h2-5,8-11,17,19,21H,6-7,12-15H2,1H3. The molecule has 2 heterocycles. The normalized spacial score (nSPS) is 24.3. The Bertz CT molecular complexity index is 862. The fourth-order valence-corrected chi connectivity index (χ4v) is 4.35. The molecule has 146 valence electrons. The molecular formula is C23H26N2O3. The molecule has 2 fully saturated rings. The van der Waals surface area contributed by atoms with Crippen molar-refractivity contribution in [1.82, 2.24) is 4.90 Å². The molecule has 2 aromatic carbocycles. The van der Waals surface area contributed by atoms with Gasteiger partial charge in [-0.05, 0) is 48.6 Å². The molecular weight excluding hydrogens is 352 g/mol. The van der Waals surface area contributed by atoms with Gasteiger partial charge in [-0.2, -0.15) is 0 Å². The number of para-hydroxylation sites is 2. The summed E-state index contributed by atoms with van der Waals surface area (Å²) in [7, 11) is 1.67. The molecule has 5 heteroatoms. The molecule has 28 heavy (non-hydrogen) atoms. The first-order valence-electron chi connectivity index (χ1n) is 10.2. The van der Waals surface area contributed by atoms with Gasteiger partial charge in [0.2, 0.25) is 5.91 Å². The van der Waals surface area contributed by atoms with Crippen molar-refractivity contribution in [3.8, 4) is 11.5 Å². The molecule has 2 unspecified atom stereocenters. The van der Waals surface area contributed by atoms with E-state index in [0.29, 0.717) is 5.92 Å². The molecule has 1 saturated heterocycles. The Balaban J connectivity index is 1.42. The van der Waals surface area contributed by atoms with Crippen molar-refractivity contribution in [1.29, 1.82) is 0 Å². The SMILES string of the molecule is COc1ccc(CN2CC3CC2C(=O)N(CC2CC2)c2ccccc2O3)cc1. The number of carbonyl (C=O) groups is 1. The van der Waals surface area contributed by atoms with E-state index in [0.717, 1.165) is 43.2 Å². The third-order valence-corrected chi connectivity index (χ3v) is 6.05. The lowest BCUT2D eigenvalue weighted by Crippen LogP contribution is -2.46. The van der Waals surface area contributed by atoms with Crippen molar-refractivity contribution in [2.75, 3.05) is 25.1 Å². The number of rotatable bonds is 5. The number of methoxy groups -OCH3 is 1. The summed E-state index contributed by atoms with van der Waals surface area (Å²) >= 11 is 0. The van der Waals surface area contributed by atoms with Crippen LogP contribution in [0.5, 0.6) is 11.5 Å². The predicted molar refractivity (Wildman–Crippen MR) is 108 cm³/mol. The molecule has 5 rings (SSSR count). The van der Waals surface area contributed by atoms with E-state index in [1.165, 1.54) is 18.4 Å². The average molecular weight is 378 g/mol. The number of anilines is 1. The third-order valence-electron chi connectivity index (χ3n) is 6.05. The van der Waals surface area contributed by atoms with Gasteiger partial charge in [-0.15, -0.1) is 0 Å². The Labute approximate surface area is 165 Å². The number of likely N-dealkylation sites (tertiary alicyclic amines) is 1. The number of hydrogen-bond acceptors (Lipinski definition) is 4. The van der Waals surface area contributed by atoms with Gasteiger partial charge in [0, 0.05) is 26.1 Å². The minimum Gasteiger partial charge on any atom is -0.497 e. The van der Waals surface area contributed by atoms with Gasteiger partial charge in [-0.3, -0.25) is 9.69 Å². The zero-order valence-corrected chi connectivity index (χ0v) is 16.2. The van der Waals surface area contributed by atoms with Crippen molar-refractivity contribution in [3.05, 3.63) is 54.1 Å². The second-order valence-electron chi connectivity index (χ2n) is 8.13. The van der Waals surface area contributed by atoms with Crippen molar-refractivity contribution < 1.29 is 14.3 Å². The highest BCUT2D eigenvalue weighted by Crippen LogP contribution is 2.39. The maximum absolute atomic E-state index is 13.6. The maximum Gasteiger partial charge on any atom is 0.244 e. The van der Waals surface area contributed by atoms with E-state index in [-0.39, 0.29) is 18.1 Å². The van der Waals surface area contributed by atoms with E-state index < -0.39 is 0 Å². The summed E-state index contributed by atoms with van der Waals surface area (Å²) in [6.45, 7) is 2.32. The summed E-state index contributed by atoms with van der Waals surface area (Å²) in [4.78, 5) is 17.9. The van der Waals surface area contributed by atoms with Crippen LogP contribution in [0.4, 0.5) is 5.69 Å². The van der Waals surface area contributed by atoms with Crippen LogP contribution in [0.3, 0.4) is 0 Å². The molecule has 1 amide bonds. The van der Waals surface area contributed by atoms with Crippen LogP contribution in [0.25, 0.3) is 0 Å². The van der Waals surface area contributed by atoms with Crippen molar-refractivity contribution in [3.63, 3.8) is 0 Å². The zero-order valence-electron chi connectivity index (χ0n) is 16.2. The number of amides is 1. The molecule has 1 aliphatic carbocycles. The van der Waals surface area contributed by atoms with E-state index in [4.69, 9.17) is 9.47 Å². The number of benzene rings is 2. The third kappa shape index (κ3) is 3.35. The summed E-state index contributed by atoms with van der Waals surface area (Å²) < 4.78 is 11.6. The van der Waals surface area contributed by atoms with Crippen LogP contribution in [-0.4, -0.2) is 43.2 Å². The number of hydrogen-bond donors (Lipinski definition) is 0. The number of carbonyl (C=O) groups excluding carboxylic acids is 1. The molecule has 3 aliphatic rings. The van der Waals surface area contributed by atoms with Gasteiger partial charge < -0.3 is 14.4 Å². The molecule has 1 saturated carbocycles. The van der Waals surface area contributed by atoms with Gasteiger partial charge in [0.1, 0.15) is 17.6 Å². The summed E-state index contributed by atoms with van der Waals surface area (Å²) in [6.07, 6.45) is 3.24. The van der Waals surface area contributed by atoms with Crippen LogP contribution in [0, 0.1) is 5.92 Å². The van der Waals surface area contributed by atoms with E-state index >= 15 is 0 Å². The molecule has 2 aliphatic heterocycles. The van der Waals surface area contributed by atoms with Crippen molar-refractivity contribution in [2.24, 2.45) is 5.92 Å². The number of ether oxygens (including phenoxy) is 2. The Hall–Kier alpha value is -2.53. The first kappa shape index (κ1) is 17.6. The summed E-state index contributed by atoms with van der Waals surface area (Å²) in [5.74, 6) is 2.54. The smallest absolute Gasteiger partial charge is 0.244 e. The highest BCUT2D eigenvalue weighted by Gasteiger charge is 2.43. The van der Waals surface area contributed by atoms with Crippen molar-refractivity contribution >= 4 is 11.6 Å². The number of fused-ring (bicyclic) bond motifs is 3. The van der Waals surface area contributed by atoms with Gasteiger partial charge in [0.25, 0.3) is 0 Å². The fraction of sp³-hybridized carbons (Fsp3) is 0.435. The zero-order chi connectivity index (χ0) is 19.1. The molecule has 0 spiro atoms. The lowest BCUT2D eigenvalue weighted by Gasteiger charge is -2.32. The lowest BCUT2D eigenvalue weighted by molar-refractivity contribution is -0.123.